The molecule has 0 atom stereocenters. The summed E-state index contributed by atoms with van der Waals surface area (Å²) in [4.78, 5) is 0. The van der Waals surface area contributed by atoms with Crippen molar-refractivity contribution in [2.75, 3.05) is 0 Å². The van der Waals surface area contributed by atoms with Gasteiger partial charge < -0.3 is 0 Å². The van der Waals surface area contributed by atoms with E-state index < -0.39 is 32.4 Å². The van der Waals surface area contributed by atoms with E-state index in [1.165, 1.54) is 24.3 Å². The van der Waals surface area contributed by atoms with Crippen LogP contribution < -0.4 is 19.0 Å². The van der Waals surface area contributed by atoms with Crippen LogP contribution in [0.25, 0.3) is 0 Å². The maximum atomic E-state index is 16.4. The fourth-order valence-electron chi connectivity index (χ4n) is 3.92. The van der Waals surface area contributed by atoms with Gasteiger partial charge in [-0.1, -0.05) is 0 Å². The molecule has 0 spiro atoms. The summed E-state index contributed by atoms with van der Waals surface area (Å²) >= 11 is -6.19. The number of halogens is 4. The molecule has 1 N–H and O–H groups in total. The zero-order chi connectivity index (χ0) is 19.4. The Hall–Kier alpha value is -1.13. The Bertz CT molecular complexity index is 963. The number of aryl methyl sites for hydroxylation is 4. The van der Waals surface area contributed by atoms with E-state index in [9.17, 15) is 21.8 Å². The van der Waals surface area contributed by atoms with Crippen molar-refractivity contribution in [3.05, 3.63) is 65.8 Å². The molecule has 2 aliphatic rings. The molecular formula is C19H19F3IO3S-. The molecule has 0 radical (unpaired) electrons. The summed E-state index contributed by atoms with van der Waals surface area (Å²) in [5, 5.41) is 0. The second-order valence-corrected chi connectivity index (χ2v) is 15.8. The van der Waals surface area contributed by atoms with Gasteiger partial charge in [0.25, 0.3) is 0 Å². The van der Waals surface area contributed by atoms with E-state index in [-0.39, 0.29) is 7.14 Å². The summed E-state index contributed by atoms with van der Waals surface area (Å²) in [5.41, 5.74) is 3.52. The summed E-state index contributed by atoms with van der Waals surface area (Å²) in [6.07, 6.45) is 4.63. The zero-order valence-corrected chi connectivity index (χ0v) is 17.4. The third-order valence-electron chi connectivity index (χ3n) is 5.32. The van der Waals surface area contributed by atoms with Gasteiger partial charge in [0, 0.05) is 0 Å². The molecule has 3 nitrogen and oxygen atoms in total. The molecule has 0 unspecified atom stereocenters. The van der Waals surface area contributed by atoms with Gasteiger partial charge in [-0.05, 0) is 0 Å². The van der Waals surface area contributed by atoms with Crippen LogP contribution in [0.3, 0.4) is 0 Å². The molecule has 0 heterocycles. The Morgan fingerprint density at radius 3 is 1.63 bits per heavy atom. The first-order valence-corrected chi connectivity index (χ1v) is 14.2. The van der Waals surface area contributed by atoms with Crippen molar-refractivity contribution in [3.8, 4) is 0 Å². The fourth-order valence-corrected chi connectivity index (χ4v) is 12.8. The van der Waals surface area contributed by atoms with Gasteiger partial charge >= 0.3 is 161 Å². The van der Waals surface area contributed by atoms with Crippen LogP contribution in [-0.2, 0) is 35.8 Å². The third kappa shape index (κ3) is 2.91. The second kappa shape index (κ2) is 6.45. The summed E-state index contributed by atoms with van der Waals surface area (Å²) in [6, 6.07) is 8.59. The average molecular weight is 511 g/mol. The van der Waals surface area contributed by atoms with E-state index in [2.05, 4.69) is 0 Å². The van der Waals surface area contributed by atoms with Crippen molar-refractivity contribution in [1.82, 2.24) is 0 Å². The Labute approximate surface area is 161 Å². The molecule has 2 aromatic carbocycles. The predicted octanol–water partition coefficient (Wildman–Crippen LogP) is 1.19. The first kappa shape index (κ1) is 19.2. The van der Waals surface area contributed by atoms with E-state index >= 15 is 2.86 Å². The number of alkyl halides is 3. The van der Waals surface area contributed by atoms with Crippen molar-refractivity contribution in [3.63, 3.8) is 0 Å². The van der Waals surface area contributed by atoms with E-state index in [1.807, 2.05) is 0 Å². The molecule has 0 saturated carbocycles. The molecular weight excluding hydrogens is 492 g/mol. The SMILES string of the molecule is O=S(=O)(O)C(F)(F)[I-](F)(c1ccc2c(c1)CCC2)c1ccc2c(c1)CCC2. The van der Waals surface area contributed by atoms with E-state index in [0.29, 0.717) is 12.8 Å². The van der Waals surface area contributed by atoms with Crippen LogP contribution in [0.2, 0.25) is 0 Å². The molecule has 4 rings (SSSR count). The topological polar surface area (TPSA) is 54.4 Å². The van der Waals surface area contributed by atoms with Gasteiger partial charge in [0.05, 0.1) is 0 Å². The van der Waals surface area contributed by atoms with Gasteiger partial charge in [-0.3, -0.25) is 0 Å². The van der Waals surface area contributed by atoms with Crippen LogP contribution in [0.15, 0.2) is 36.4 Å². The molecule has 27 heavy (non-hydrogen) atoms. The second-order valence-electron chi connectivity index (χ2n) is 6.95. The summed E-state index contributed by atoms with van der Waals surface area (Å²) < 4.78 is 73.1. The quantitative estimate of drug-likeness (QED) is 0.382. The van der Waals surface area contributed by atoms with Crippen LogP contribution >= 0.6 is 0 Å². The Morgan fingerprint density at radius 2 is 1.22 bits per heavy atom. The van der Waals surface area contributed by atoms with Crippen molar-refractivity contribution < 1.29 is 43.6 Å². The molecule has 148 valence electrons. The molecule has 0 aromatic heterocycles. The number of hydrogen-bond acceptors (Lipinski definition) is 2. The van der Waals surface area contributed by atoms with Gasteiger partial charge in [0.2, 0.25) is 0 Å². The van der Waals surface area contributed by atoms with Crippen LogP contribution in [0, 0.1) is 7.14 Å². The predicted molar refractivity (Wildman–Crippen MR) is 91.9 cm³/mol. The Kier molecular flexibility index (Phi) is 4.59. The maximum absolute atomic E-state index is 16.4. The number of hydrogen-bond donors (Lipinski definition) is 1. The molecule has 2 aliphatic carbocycles. The monoisotopic (exact) mass is 511 g/mol. The van der Waals surface area contributed by atoms with Crippen LogP contribution in [-0.4, -0.2) is 16.2 Å². The van der Waals surface area contributed by atoms with Gasteiger partial charge in [0.15, 0.2) is 0 Å². The van der Waals surface area contributed by atoms with Gasteiger partial charge in [0.1, 0.15) is 0 Å². The van der Waals surface area contributed by atoms with Crippen molar-refractivity contribution in [2.45, 2.75) is 41.8 Å². The normalized spacial score (nSPS) is 17.6. The molecule has 0 bridgehead atoms. The molecule has 0 aliphatic heterocycles. The van der Waals surface area contributed by atoms with Crippen LogP contribution in [0.1, 0.15) is 35.1 Å². The van der Waals surface area contributed by atoms with E-state index in [1.54, 1.807) is 12.1 Å². The molecule has 0 amide bonds. The van der Waals surface area contributed by atoms with E-state index in [4.69, 9.17) is 0 Å². The summed E-state index contributed by atoms with van der Waals surface area (Å²) in [6.45, 7) is 0. The first-order chi connectivity index (χ1) is 12.6. The van der Waals surface area contributed by atoms with Gasteiger partial charge in [-0.2, -0.15) is 0 Å². The van der Waals surface area contributed by atoms with Gasteiger partial charge in [-0.25, -0.2) is 0 Å². The molecule has 8 heteroatoms. The third-order valence-corrected chi connectivity index (χ3v) is 15.5. The van der Waals surface area contributed by atoms with Gasteiger partial charge in [-0.15, -0.1) is 0 Å². The van der Waals surface area contributed by atoms with Crippen LogP contribution in [0.5, 0.6) is 0 Å². The Balaban J connectivity index is 1.96. The Morgan fingerprint density at radius 1 is 0.815 bits per heavy atom. The molecule has 2 aromatic rings. The molecule has 0 saturated heterocycles. The van der Waals surface area contributed by atoms with Crippen molar-refractivity contribution in [2.24, 2.45) is 0 Å². The zero-order valence-electron chi connectivity index (χ0n) is 14.4. The fraction of sp³-hybridized carbons (Fsp3) is 0.368. The summed E-state index contributed by atoms with van der Waals surface area (Å²) in [5.74, 6) is 0. The van der Waals surface area contributed by atoms with Crippen LogP contribution in [0.4, 0.5) is 11.6 Å². The first-order valence-electron chi connectivity index (χ1n) is 8.70. The molecule has 0 fully saturated rings. The van der Waals surface area contributed by atoms with E-state index in [0.717, 1.165) is 47.9 Å². The number of rotatable bonds is 4. The summed E-state index contributed by atoms with van der Waals surface area (Å²) in [7, 11) is -5.91. The number of benzene rings is 2. The number of fused-ring (bicyclic) bond motifs is 2. The minimum absolute atomic E-state index is 0.275. The minimum atomic E-state index is -6.19. The standard InChI is InChI=1S/C19H19F3IO3S/c20-19(21,27(24,25)26)23(22,17-9-7-13-3-1-5-15(13)11-17)18-10-8-14-4-2-6-16(14)12-18/h7-12H,1-6H2,(H,24,25,26)/q-1. The van der Waals surface area contributed by atoms with Crippen molar-refractivity contribution >= 4 is 10.1 Å². The average Bonchev–Trinajstić information content (AvgIpc) is 3.27. The van der Waals surface area contributed by atoms with Crippen molar-refractivity contribution in [1.29, 1.82) is 0 Å².